The Kier molecular flexibility index (Phi) is 12.6. The summed E-state index contributed by atoms with van der Waals surface area (Å²) in [5.41, 5.74) is 1.57. The molecule has 194 valence electrons. The second kappa shape index (κ2) is 15.9. The van der Waals surface area contributed by atoms with E-state index in [-0.39, 0.29) is 0 Å². The van der Waals surface area contributed by atoms with Crippen LogP contribution in [0.2, 0.25) is 6.04 Å². The highest BCUT2D eigenvalue weighted by atomic mass is 28.2. The second-order valence-electron chi connectivity index (χ2n) is 10.7. The first-order chi connectivity index (χ1) is 17.1. The lowest BCUT2D eigenvalue weighted by Gasteiger charge is -2.15. The maximum absolute atomic E-state index is 5.98. The van der Waals surface area contributed by atoms with Crippen LogP contribution < -0.4 is 9.16 Å². The summed E-state index contributed by atoms with van der Waals surface area (Å²) < 4.78 is 11.8. The normalized spacial score (nSPS) is 15.4. The summed E-state index contributed by atoms with van der Waals surface area (Å²) >= 11 is 0. The maximum Gasteiger partial charge on any atom is 0.221 e. The Hall–Kier alpha value is -1.95. The molecule has 1 aliphatic carbocycles. The number of pyridine rings is 1. The van der Waals surface area contributed by atoms with E-state index >= 15 is 0 Å². The van der Waals surface area contributed by atoms with Gasteiger partial charge in [0.1, 0.15) is 11.4 Å². The molecule has 5 nitrogen and oxygen atoms in total. The molecule has 0 saturated heterocycles. The predicted octanol–water partition coefficient (Wildman–Crippen LogP) is 7.40. The Morgan fingerprint density at radius 1 is 0.886 bits per heavy atom. The van der Waals surface area contributed by atoms with Crippen LogP contribution in [-0.2, 0) is 0 Å². The zero-order valence-electron chi connectivity index (χ0n) is 22.4. The molecular formula is C29H47N3O2Si. The van der Waals surface area contributed by atoms with E-state index in [0.29, 0.717) is 5.88 Å². The van der Waals surface area contributed by atoms with Crippen LogP contribution >= 0.6 is 0 Å². The van der Waals surface area contributed by atoms with E-state index in [1.807, 2.05) is 24.3 Å². The van der Waals surface area contributed by atoms with Crippen LogP contribution in [0.25, 0.3) is 11.4 Å². The third kappa shape index (κ3) is 11.6. The van der Waals surface area contributed by atoms with Crippen molar-refractivity contribution in [3.63, 3.8) is 0 Å². The minimum atomic E-state index is -0.627. The van der Waals surface area contributed by atoms with Crippen LogP contribution in [0.5, 0.6) is 11.6 Å². The molecule has 2 unspecified atom stereocenters. The molecule has 3 rings (SSSR count). The Bertz CT molecular complexity index is 812. The summed E-state index contributed by atoms with van der Waals surface area (Å²) in [6, 6.07) is 8.97. The maximum atomic E-state index is 5.98. The molecule has 0 N–H and O–H groups in total. The van der Waals surface area contributed by atoms with Crippen LogP contribution in [0.15, 0.2) is 30.5 Å². The number of nitrogens with zero attached hydrogens (tertiary/aromatic N) is 3. The van der Waals surface area contributed by atoms with E-state index in [2.05, 4.69) is 36.0 Å². The van der Waals surface area contributed by atoms with Gasteiger partial charge in [0.15, 0.2) is 0 Å². The Morgan fingerprint density at radius 2 is 1.69 bits per heavy atom. The Labute approximate surface area is 215 Å². The molecule has 2 heterocycles. The first-order valence-electron chi connectivity index (χ1n) is 14.2. The number of hydrogen-bond acceptors (Lipinski definition) is 5. The van der Waals surface area contributed by atoms with Gasteiger partial charge >= 0.3 is 0 Å². The van der Waals surface area contributed by atoms with Gasteiger partial charge in [-0.15, -0.1) is 10.2 Å². The fourth-order valence-corrected chi connectivity index (χ4v) is 5.58. The average molecular weight is 498 g/mol. The smallest absolute Gasteiger partial charge is 0.221 e. The topological polar surface area (TPSA) is 57.1 Å². The van der Waals surface area contributed by atoms with Gasteiger partial charge < -0.3 is 9.16 Å². The molecule has 1 saturated carbocycles. The van der Waals surface area contributed by atoms with Gasteiger partial charge in [0, 0.05) is 6.07 Å². The molecular weight excluding hydrogens is 450 g/mol. The Balaban J connectivity index is 1.29. The second-order valence-corrected chi connectivity index (χ2v) is 12.0. The molecule has 0 bridgehead atoms. The van der Waals surface area contributed by atoms with Crippen LogP contribution in [0.4, 0.5) is 0 Å². The van der Waals surface area contributed by atoms with Gasteiger partial charge in [0.25, 0.3) is 0 Å². The summed E-state index contributed by atoms with van der Waals surface area (Å²) in [4.78, 5) is 4.51. The fraction of sp³-hybridized carbons (Fsp3) is 0.690. The molecule has 0 aromatic carbocycles. The molecule has 6 heteroatoms. The average Bonchev–Trinajstić information content (AvgIpc) is 3.71. The molecule has 0 spiro atoms. The van der Waals surface area contributed by atoms with E-state index < -0.39 is 9.76 Å². The quantitative estimate of drug-likeness (QED) is 0.149. The van der Waals surface area contributed by atoms with Crippen molar-refractivity contribution in [3.8, 4) is 23.0 Å². The molecule has 2 aromatic rings. The van der Waals surface area contributed by atoms with Crippen LogP contribution in [0.3, 0.4) is 0 Å². The molecule has 0 radical (unpaired) electrons. The minimum Gasteiger partial charge on any atom is -0.535 e. The zero-order chi connectivity index (χ0) is 24.7. The van der Waals surface area contributed by atoms with E-state index in [4.69, 9.17) is 9.16 Å². The highest BCUT2D eigenvalue weighted by Gasteiger charge is 2.19. The lowest BCUT2D eigenvalue weighted by molar-refractivity contribution is 0.303. The summed E-state index contributed by atoms with van der Waals surface area (Å²) in [6.45, 7) is 7.78. The number of ether oxygens (including phenoxy) is 1. The standard InChI is InChI=1S/C29H47N3O2Si/c1-4-5-10-23(2)12-13-24(3)22-35-34-29-19-18-28(31-32-29)27-17-16-26(21-30-27)33-20-9-7-6-8-11-25-14-15-25/h16-19,21,23-25H,4-15,20,22,35H2,1-3H3. The molecule has 2 atom stereocenters. The van der Waals surface area contributed by atoms with Crippen LogP contribution in [-0.4, -0.2) is 31.6 Å². The van der Waals surface area contributed by atoms with E-state index in [1.54, 1.807) is 6.20 Å². The third-order valence-electron chi connectivity index (χ3n) is 7.17. The van der Waals surface area contributed by atoms with Crippen LogP contribution in [0, 0.1) is 17.8 Å². The number of unbranched alkanes of at least 4 members (excludes halogenated alkanes) is 4. The van der Waals surface area contributed by atoms with Gasteiger partial charge in [-0.1, -0.05) is 91.4 Å². The van der Waals surface area contributed by atoms with Gasteiger partial charge in [-0.2, -0.15) is 0 Å². The lowest BCUT2D eigenvalue weighted by Crippen LogP contribution is -2.09. The predicted molar refractivity (Wildman–Crippen MR) is 148 cm³/mol. The van der Waals surface area contributed by atoms with Crippen molar-refractivity contribution in [3.05, 3.63) is 30.5 Å². The monoisotopic (exact) mass is 497 g/mol. The largest absolute Gasteiger partial charge is 0.535 e. The Morgan fingerprint density at radius 3 is 2.40 bits per heavy atom. The summed E-state index contributed by atoms with van der Waals surface area (Å²) in [5, 5.41) is 8.60. The highest BCUT2D eigenvalue weighted by Crippen LogP contribution is 2.34. The van der Waals surface area contributed by atoms with E-state index in [9.17, 15) is 0 Å². The first-order valence-corrected chi connectivity index (χ1v) is 15.8. The number of rotatable bonds is 19. The van der Waals surface area contributed by atoms with Crippen molar-refractivity contribution in [2.45, 2.75) is 104 Å². The van der Waals surface area contributed by atoms with E-state index in [1.165, 1.54) is 76.7 Å². The summed E-state index contributed by atoms with van der Waals surface area (Å²) in [6.07, 6.45) is 17.9. The molecule has 0 aliphatic heterocycles. The number of aromatic nitrogens is 3. The van der Waals surface area contributed by atoms with Crippen molar-refractivity contribution in [2.75, 3.05) is 6.61 Å². The molecule has 0 amide bonds. The molecule has 2 aromatic heterocycles. The molecule has 35 heavy (non-hydrogen) atoms. The van der Waals surface area contributed by atoms with E-state index in [0.717, 1.165) is 47.9 Å². The first kappa shape index (κ1) is 27.6. The van der Waals surface area contributed by atoms with Crippen molar-refractivity contribution < 1.29 is 9.16 Å². The molecule has 1 fully saturated rings. The SMILES string of the molecule is CCCCC(C)CCC(C)C[SiH2]Oc1ccc(-c2ccc(OCCCCCCC3CC3)cn2)nn1. The minimum absolute atomic E-state index is 0.627. The summed E-state index contributed by atoms with van der Waals surface area (Å²) in [5.74, 6) is 4.09. The van der Waals surface area contributed by atoms with Gasteiger partial charge in [-0.25, -0.2) is 0 Å². The van der Waals surface area contributed by atoms with Crippen molar-refractivity contribution >= 4 is 9.76 Å². The van der Waals surface area contributed by atoms with Crippen molar-refractivity contribution in [1.29, 1.82) is 0 Å². The number of hydrogen-bond donors (Lipinski definition) is 0. The van der Waals surface area contributed by atoms with Gasteiger partial charge in [-0.3, -0.25) is 4.98 Å². The van der Waals surface area contributed by atoms with Crippen molar-refractivity contribution in [1.82, 2.24) is 15.2 Å². The van der Waals surface area contributed by atoms with Crippen molar-refractivity contribution in [2.24, 2.45) is 17.8 Å². The highest BCUT2D eigenvalue weighted by molar-refractivity contribution is 6.28. The van der Waals surface area contributed by atoms with Gasteiger partial charge in [-0.05, 0) is 48.4 Å². The lowest BCUT2D eigenvalue weighted by atomic mass is 9.95. The third-order valence-corrected chi connectivity index (χ3v) is 8.90. The summed E-state index contributed by atoms with van der Waals surface area (Å²) in [7, 11) is -0.627. The van der Waals surface area contributed by atoms with Crippen LogP contribution in [0.1, 0.15) is 97.8 Å². The van der Waals surface area contributed by atoms with Gasteiger partial charge in [0.2, 0.25) is 15.6 Å². The zero-order valence-corrected chi connectivity index (χ0v) is 23.8. The molecule has 1 aliphatic rings. The fourth-order valence-electron chi connectivity index (χ4n) is 4.41. The van der Waals surface area contributed by atoms with Gasteiger partial charge in [0.05, 0.1) is 18.5 Å².